The highest BCUT2D eigenvalue weighted by Gasteiger charge is 2.41. The van der Waals surface area contributed by atoms with Crippen LogP contribution in [-0.2, 0) is 11.2 Å². The zero-order valence-electron chi connectivity index (χ0n) is 9.96. The molecule has 1 atom stereocenters. The van der Waals surface area contributed by atoms with E-state index in [4.69, 9.17) is 0 Å². The second-order valence-corrected chi connectivity index (χ2v) is 6.02. The second kappa shape index (κ2) is 4.39. The summed E-state index contributed by atoms with van der Waals surface area (Å²) in [6, 6.07) is 3.21. The summed E-state index contributed by atoms with van der Waals surface area (Å²) in [5, 5.41) is 9.74. The van der Waals surface area contributed by atoms with Crippen molar-refractivity contribution in [3.63, 3.8) is 0 Å². The maximum absolute atomic E-state index is 13.1. The second-order valence-electron chi connectivity index (χ2n) is 4.55. The smallest absolute Gasteiger partial charge is 0.219 e. The number of halogens is 2. The number of aliphatic hydroxyl groups is 1. The third-order valence-electron chi connectivity index (χ3n) is 2.94. The molecule has 0 aliphatic carbocycles. The Kier molecular flexibility index (Phi) is 3.19. The Bertz CT molecular complexity index is 534. The maximum atomic E-state index is 13.1. The van der Waals surface area contributed by atoms with Crippen LogP contribution in [0.15, 0.2) is 29.5 Å². The lowest BCUT2D eigenvalue weighted by molar-refractivity contribution is -0.107. The van der Waals surface area contributed by atoms with E-state index < -0.39 is 16.4 Å². The predicted molar refractivity (Wildman–Crippen MR) is 66.4 cm³/mol. The largest absolute Gasteiger partial charge is 0.510 e. The topological polar surface area (TPSA) is 37.3 Å². The highest BCUT2D eigenvalue weighted by Crippen LogP contribution is 2.44. The molecule has 0 bridgehead atoms. The molecule has 0 unspecified atom stereocenters. The molecule has 1 aliphatic heterocycles. The first-order chi connectivity index (χ1) is 8.32. The fraction of sp³-hybridized carbons (Fsp3) is 0.308. The molecule has 0 amide bonds. The van der Waals surface area contributed by atoms with Gasteiger partial charge < -0.3 is 5.11 Å². The van der Waals surface area contributed by atoms with Crippen LogP contribution in [0.25, 0.3) is 0 Å². The molecule has 0 saturated carbocycles. The van der Waals surface area contributed by atoms with E-state index in [2.05, 4.69) is 0 Å². The summed E-state index contributed by atoms with van der Waals surface area (Å²) >= 11 is 0.983. The van der Waals surface area contributed by atoms with Crippen molar-refractivity contribution in [1.82, 2.24) is 0 Å². The Labute approximate surface area is 108 Å². The zero-order chi connectivity index (χ0) is 13.5. The molecule has 18 heavy (non-hydrogen) atoms. The van der Waals surface area contributed by atoms with Gasteiger partial charge in [0.15, 0.2) is 0 Å². The van der Waals surface area contributed by atoms with Gasteiger partial charge in [0.1, 0.15) is 17.4 Å². The van der Waals surface area contributed by atoms with Crippen LogP contribution in [0.3, 0.4) is 0 Å². The van der Waals surface area contributed by atoms with Crippen LogP contribution < -0.4 is 0 Å². The lowest BCUT2D eigenvalue weighted by Crippen LogP contribution is -2.24. The molecule has 2 rings (SSSR count). The minimum absolute atomic E-state index is 0.0119. The van der Waals surface area contributed by atoms with Gasteiger partial charge in [0.05, 0.1) is 4.75 Å². The van der Waals surface area contributed by atoms with Crippen LogP contribution in [0.4, 0.5) is 8.78 Å². The number of carbonyl (C=O) groups excluding carboxylic acids is 1. The highest BCUT2D eigenvalue weighted by atomic mass is 32.2. The number of thioether (sulfide) groups is 1. The Morgan fingerprint density at radius 1 is 1.28 bits per heavy atom. The van der Waals surface area contributed by atoms with Crippen molar-refractivity contribution in [2.75, 3.05) is 0 Å². The molecular formula is C13H12F2O2S. The maximum Gasteiger partial charge on any atom is 0.219 e. The third-order valence-corrected chi connectivity index (χ3v) is 4.22. The monoisotopic (exact) mass is 270 g/mol. The minimum Gasteiger partial charge on any atom is -0.510 e. The summed E-state index contributed by atoms with van der Waals surface area (Å²) in [6.07, 6.45) is 0.196. The predicted octanol–water partition coefficient (Wildman–Crippen LogP) is 3.37. The summed E-state index contributed by atoms with van der Waals surface area (Å²) in [7, 11) is 0. The molecule has 5 heteroatoms. The number of carbonyl (C=O) groups is 1. The van der Waals surface area contributed by atoms with E-state index in [1.807, 2.05) is 0 Å². The number of aliphatic hydroxyl groups excluding tert-OH is 1. The van der Waals surface area contributed by atoms with Crippen LogP contribution in [0, 0.1) is 11.6 Å². The number of hydrogen-bond donors (Lipinski definition) is 1. The Hall–Kier alpha value is -1.36. The van der Waals surface area contributed by atoms with Crippen LogP contribution >= 0.6 is 11.8 Å². The molecule has 1 heterocycles. The first-order valence-electron chi connectivity index (χ1n) is 5.40. The zero-order valence-corrected chi connectivity index (χ0v) is 10.8. The van der Waals surface area contributed by atoms with Gasteiger partial charge >= 0.3 is 0 Å². The Morgan fingerprint density at radius 3 is 2.28 bits per heavy atom. The van der Waals surface area contributed by atoms with Crippen LogP contribution in [0.1, 0.15) is 19.4 Å². The molecule has 0 spiro atoms. The normalized spacial score (nSPS) is 23.9. The summed E-state index contributed by atoms with van der Waals surface area (Å²) in [4.78, 5) is 11.5. The van der Waals surface area contributed by atoms with E-state index >= 15 is 0 Å². The number of benzene rings is 1. The first-order valence-corrected chi connectivity index (χ1v) is 6.22. The highest BCUT2D eigenvalue weighted by molar-refractivity contribution is 8.15. The molecular weight excluding hydrogens is 258 g/mol. The summed E-state index contributed by atoms with van der Waals surface area (Å²) < 4.78 is 25.3. The van der Waals surface area contributed by atoms with Gasteiger partial charge in [-0.1, -0.05) is 11.8 Å². The van der Waals surface area contributed by atoms with Gasteiger partial charge in [0.2, 0.25) is 5.12 Å². The van der Waals surface area contributed by atoms with Gasteiger partial charge in [0, 0.05) is 11.6 Å². The van der Waals surface area contributed by atoms with E-state index in [1.165, 1.54) is 12.1 Å². The first kappa shape index (κ1) is 13.1. The number of hydrogen-bond acceptors (Lipinski definition) is 3. The lowest BCUT2D eigenvalue weighted by Gasteiger charge is -2.22. The molecule has 0 saturated heterocycles. The Morgan fingerprint density at radius 2 is 1.83 bits per heavy atom. The van der Waals surface area contributed by atoms with Crippen molar-refractivity contribution in [2.24, 2.45) is 0 Å². The van der Waals surface area contributed by atoms with E-state index in [0.717, 1.165) is 17.8 Å². The standard InChI is InChI=1S/C13H12F2O2S/c1-7-11(16)13(2,18-12(7)17)6-8-3-9(14)5-10(15)4-8/h3-5,16H,6H2,1-2H3/t13-/m0/s1. The summed E-state index contributed by atoms with van der Waals surface area (Å²) in [5.41, 5.74) is 0.718. The van der Waals surface area contributed by atoms with Crippen LogP contribution in [0.2, 0.25) is 0 Å². The minimum atomic E-state index is -0.846. The van der Waals surface area contributed by atoms with Crippen LogP contribution in [0.5, 0.6) is 0 Å². The van der Waals surface area contributed by atoms with Gasteiger partial charge in [-0.2, -0.15) is 0 Å². The third kappa shape index (κ3) is 2.27. The molecule has 96 valence electrons. The number of rotatable bonds is 2. The van der Waals surface area contributed by atoms with Crippen molar-refractivity contribution >= 4 is 16.9 Å². The van der Waals surface area contributed by atoms with Crippen LogP contribution in [-0.4, -0.2) is 15.0 Å². The average molecular weight is 270 g/mol. The van der Waals surface area contributed by atoms with Gasteiger partial charge in [-0.05, 0) is 38.0 Å². The fourth-order valence-electron chi connectivity index (χ4n) is 2.05. The van der Waals surface area contributed by atoms with Crippen molar-refractivity contribution in [3.8, 4) is 0 Å². The van der Waals surface area contributed by atoms with Crippen molar-refractivity contribution in [1.29, 1.82) is 0 Å². The molecule has 0 fully saturated rings. The summed E-state index contributed by atoms with van der Waals surface area (Å²) in [6.45, 7) is 3.23. The van der Waals surface area contributed by atoms with E-state index in [0.29, 0.717) is 11.1 Å². The Balaban J connectivity index is 2.32. The SMILES string of the molecule is CC1=C(O)[C@](C)(Cc2cc(F)cc(F)c2)SC1=O. The molecule has 0 radical (unpaired) electrons. The van der Waals surface area contributed by atoms with E-state index in [1.54, 1.807) is 13.8 Å². The average Bonchev–Trinajstić information content (AvgIpc) is 2.41. The van der Waals surface area contributed by atoms with E-state index in [-0.39, 0.29) is 17.3 Å². The van der Waals surface area contributed by atoms with Crippen molar-refractivity contribution in [2.45, 2.75) is 25.0 Å². The van der Waals surface area contributed by atoms with Gasteiger partial charge in [-0.3, -0.25) is 4.79 Å². The lowest BCUT2D eigenvalue weighted by atomic mass is 9.96. The molecule has 1 aliphatic rings. The molecule has 1 N–H and O–H groups in total. The van der Waals surface area contributed by atoms with Crippen molar-refractivity contribution in [3.05, 3.63) is 46.7 Å². The molecule has 0 aromatic heterocycles. The molecule has 1 aromatic carbocycles. The van der Waals surface area contributed by atoms with Gasteiger partial charge in [0.25, 0.3) is 0 Å². The van der Waals surface area contributed by atoms with Gasteiger partial charge in [-0.25, -0.2) is 8.78 Å². The van der Waals surface area contributed by atoms with Crippen molar-refractivity contribution < 1.29 is 18.7 Å². The quantitative estimate of drug-likeness (QED) is 0.895. The summed E-state index contributed by atoms with van der Waals surface area (Å²) in [5.74, 6) is -1.34. The molecule has 1 aromatic rings. The van der Waals surface area contributed by atoms with Gasteiger partial charge in [-0.15, -0.1) is 0 Å². The molecule has 2 nitrogen and oxygen atoms in total. The fourth-order valence-corrected chi connectivity index (χ4v) is 3.19. The van der Waals surface area contributed by atoms with E-state index in [9.17, 15) is 18.7 Å².